The highest BCUT2D eigenvalue weighted by atomic mass is 16.5. The zero-order chi connectivity index (χ0) is 14.5. The van der Waals surface area contributed by atoms with Crippen molar-refractivity contribution in [3.8, 4) is 17.6 Å². The highest BCUT2D eigenvalue weighted by Gasteiger charge is 2.10. The molecule has 0 saturated carbocycles. The smallest absolute Gasteiger partial charge is 0.127 e. The van der Waals surface area contributed by atoms with E-state index in [0.717, 1.165) is 22.7 Å². The molecule has 0 aliphatic carbocycles. The number of ether oxygens (including phenoxy) is 2. The molecule has 0 heterocycles. The number of hydrogen-bond acceptors (Lipinski definition) is 3. The van der Waals surface area contributed by atoms with Crippen LogP contribution in [0.25, 0.3) is 0 Å². The molecule has 0 fully saturated rings. The van der Waals surface area contributed by atoms with E-state index in [1.165, 1.54) is 0 Å². The highest BCUT2D eigenvalue weighted by molar-refractivity contribution is 5.61. The van der Waals surface area contributed by atoms with E-state index in [2.05, 4.69) is 11.4 Å². The fourth-order valence-corrected chi connectivity index (χ4v) is 1.84. The van der Waals surface area contributed by atoms with E-state index in [1.54, 1.807) is 26.4 Å². The summed E-state index contributed by atoms with van der Waals surface area (Å²) in [5.41, 5.74) is 3.12. The summed E-state index contributed by atoms with van der Waals surface area (Å²) in [5, 5.41) is 13.3. The highest BCUT2D eigenvalue weighted by Crippen LogP contribution is 2.33. The number of hydrogen-bond donors (Lipinski definition) is 0. The van der Waals surface area contributed by atoms with Gasteiger partial charge in [-0.15, -0.1) is 0 Å². The van der Waals surface area contributed by atoms with Crippen LogP contribution < -0.4 is 14.8 Å². The van der Waals surface area contributed by atoms with Crippen molar-refractivity contribution in [1.29, 1.82) is 5.26 Å². The van der Waals surface area contributed by atoms with Gasteiger partial charge in [-0.3, -0.25) is 0 Å². The number of nitriles is 1. The molecule has 0 aliphatic heterocycles. The maximum Gasteiger partial charge on any atom is 0.127 e. The monoisotopic (exact) mass is 267 g/mol. The molecular formula is C16H15N2O2. The van der Waals surface area contributed by atoms with Crippen molar-refractivity contribution in [3.05, 3.63) is 47.5 Å². The summed E-state index contributed by atoms with van der Waals surface area (Å²) in [6, 6.07) is 12.9. The summed E-state index contributed by atoms with van der Waals surface area (Å²) >= 11 is 0. The third-order valence-electron chi connectivity index (χ3n) is 3.01. The fourth-order valence-electron chi connectivity index (χ4n) is 1.84. The summed E-state index contributed by atoms with van der Waals surface area (Å²) in [7, 11) is 3.23. The van der Waals surface area contributed by atoms with Crippen molar-refractivity contribution in [1.82, 2.24) is 5.32 Å². The van der Waals surface area contributed by atoms with Gasteiger partial charge < -0.3 is 9.47 Å². The SMILES string of the molecule is COc1cc([N]c2ccc(C#N)cc2)c(C)c(OC)c1. The second-order valence-electron chi connectivity index (χ2n) is 4.24. The molecule has 2 aromatic rings. The van der Waals surface area contributed by atoms with Crippen LogP contribution in [0.3, 0.4) is 0 Å². The van der Waals surface area contributed by atoms with Crippen molar-refractivity contribution in [2.45, 2.75) is 6.92 Å². The van der Waals surface area contributed by atoms with Gasteiger partial charge in [0.15, 0.2) is 0 Å². The first-order valence-electron chi connectivity index (χ1n) is 6.12. The van der Waals surface area contributed by atoms with Crippen LogP contribution in [0.1, 0.15) is 11.1 Å². The summed E-state index contributed by atoms with van der Waals surface area (Å²) < 4.78 is 10.6. The number of rotatable bonds is 4. The van der Waals surface area contributed by atoms with Crippen LogP contribution in [0, 0.1) is 18.3 Å². The minimum absolute atomic E-state index is 0.615. The van der Waals surface area contributed by atoms with Crippen molar-refractivity contribution < 1.29 is 9.47 Å². The van der Waals surface area contributed by atoms with Crippen LogP contribution >= 0.6 is 0 Å². The maximum atomic E-state index is 8.79. The second kappa shape index (κ2) is 5.98. The molecule has 4 nitrogen and oxygen atoms in total. The molecule has 0 amide bonds. The summed E-state index contributed by atoms with van der Waals surface area (Å²) in [6.45, 7) is 1.95. The van der Waals surface area contributed by atoms with Gasteiger partial charge in [-0.25, -0.2) is 5.32 Å². The van der Waals surface area contributed by atoms with E-state index in [-0.39, 0.29) is 0 Å². The van der Waals surface area contributed by atoms with Gasteiger partial charge in [0.2, 0.25) is 0 Å². The molecule has 20 heavy (non-hydrogen) atoms. The molecule has 2 rings (SSSR count). The molecule has 0 N–H and O–H groups in total. The average Bonchev–Trinajstić information content (AvgIpc) is 2.50. The Morgan fingerprint density at radius 3 is 2.30 bits per heavy atom. The van der Waals surface area contributed by atoms with Gasteiger partial charge in [-0.1, -0.05) is 0 Å². The lowest BCUT2D eigenvalue weighted by molar-refractivity contribution is 0.392. The zero-order valence-electron chi connectivity index (χ0n) is 11.7. The lowest BCUT2D eigenvalue weighted by Crippen LogP contribution is -1.97. The van der Waals surface area contributed by atoms with Crippen molar-refractivity contribution in [3.63, 3.8) is 0 Å². The number of benzene rings is 2. The van der Waals surface area contributed by atoms with E-state index in [9.17, 15) is 0 Å². The van der Waals surface area contributed by atoms with Crippen LogP contribution in [0.15, 0.2) is 36.4 Å². The minimum Gasteiger partial charge on any atom is -0.497 e. The zero-order valence-corrected chi connectivity index (χ0v) is 11.7. The number of nitrogens with zero attached hydrogens (tertiary/aromatic N) is 2. The summed E-state index contributed by atoms with van der Waals surface area (Å²) in [6.07, 6.45) is 0. The van der Waals surface area contributed by atoms with Crippen molar-refractivity contribution in [2.75, 3.05) is 14.2 Å². The molecule has 0 spiro atoms. The largest absolute Gasteiger partial charge is 0.497 e. The number of methoxy groups -OCH3 is 2. The van der Waals surface area contributed by atoms with E-state index < -0.39 is 0 Å². The topological polar surface area (TPSA) is 56.4 Å². The first-order valence-corrected chi connectivity index (χ1v) is 6.12. The van der Waals surface area contributed by atoms with Gasteiger partial charge in [0.1, 0.15) is 11.5 Å². The molecule has 0 aromatic heterocycles. The molecule has 0 bridgehead atoms. The average molecular weight is 267 g/mol. The third-order valence-corrected chi connectivity index (χ3v) is 3.01. The molecule has 1 radical (unpaired) electrons. The Morgan fingerprint density at radius 1 is 1.05 bits per heavy atom. The summed E-state index contributed by atoms with van der Waals surface area (Å²) in [5.74, 6) is 1.43. The van der Waals surface area contributed by atoms with Crippen LogP contribution in [-0.2, 0) is 0 Å². The van der Waals surface area contributed by atoms with Gasteiger partial charge in [0.25, 0.3) is 0 Å². The van der Waals surface area contributed by atoms with E-state index in [0.29, 0.717) is 11.3 Å². The van der Waals surface area contributed by atoms with Crippen LogP contribution in [-0.4, -0.2) is 14.2 Å². The van der Waals surface area contributed by atoms with Crippen LogP contribution in [0.4, 0.5) is 11.4 Å². The van der Waals surface area contributed by atoms with Gasteiger partial charge in [-0.2, -0.15) is 5.26 Å². The standard InChI is InChI=1S/C16H15N2O2/c1-11-15(8-14(19-2)9-16(11)20-3)18-13-6-4-12(10-17)5-7-13/h4-9H,1-3H3. The quantitative estimate of drug-likeness (QED) is 0.852. The molecule has 0 aliphatic rings. The Hall–Kier alpha value is -2.67. The lowest BCUT2D eigenvalue weighted by atomic mass is 10.1. The molecular weight excluding hydrogens is 252 g/mol. The van der Waals surface area contributed by atoms with Crippen LogP contribution in [0.5, 0.6) is 11.5 Å². The minimum atomic E-state index is 0.615. The van der Waals surface area contributed by atoms with Crippen LogP contribution in [0.2, 0.25) is 0 Å². The predicted molar refractivity (Wildman–Crippen MR) is 76.9 cm³/mol. The third kappa shape index (κ3) is 2.83. The first kappa shape index (κ1) is 13.8. The van der Waals surface area contributed by atoms with Crippen molar-refractivity contribution in [2.24, 2.45) is 0 Å². The van der Waals surface area contributed by atoms with E-state index >= 15 is 0 Å². The Labute approximate surface area is 118 Å². The van der Waals surface area contributed by atoms with E-state index in [1.807, 2.05) is 31.2 Å². The Balaban J connectivity index is 2.34. The van der Waals surface area contributed by atoms with Crippen molar-refractivity contribution >= 4 is 11.4 Å². The fraction of sp³-hybridized carbons (Fsp3) is 0.188. The molecule has 4 heteroatoms. The normalized spacial score (nSPS) is 9.70. The Morgan fingerprint density at radius 2 is 1.75 bits per heavy atom. The molecule has 0 atom stereocenters. The van der Waals surface area contributed by atoms with Gasteiger partial charge in [0, 0.05) is 17.7 Å². The predicted octanol–water partition coefficient (Wildman–Crippen LogP) is 3.45. The second-order valence-corrected chi connectivity index (χ2v) is 4.24. The molecule has 0 unspecified atom stereocenters. The first-order chi connectivity index (χ1) is 9.67. The molecule has 2 aromatic carbocycles. The van der Waals surface area contributed by atoms with Gasteiger partial charge >= 0.3 is 0 Å². The lowest BCUT2D eigenvalue weighted by Gasteiger charge is -2.13. The van der Waals surface area contributed by atoms with Gasteiger partial charge in [-0.05, 0) is 31.2 Å². The Kier molecular flexibility index (Phi) is 4.11. The Bertz CT molecular complexity index is 643. The molecule has 0 saturated heterocycles. The summed E-state index contributed by atoms with van der Waals surface area (Å²) in [4.78, 5) is 0. The maximum absolute atomic E-state index is 8.79. The van der Waals surface area contributed by atoms with Gasteiger partial charge in [0.05, 0.1) is 37.2 Å². The molecule has 101 valence electrons. The van der Waals surface area contributed by atoms with E-state index in [4.69, 9.17) is 14.7 Å².